The van der Waals surface area contributed by atoms with Crippen LogP contribution in [0.25, 0.3) is 0 Å². The Labute approximate surface area is 249 Å². The number of benzene rings is 3. The van der Waals surface area contributed by atoms with Gasteiger partial charge in [-0.1, -0.05) is 24.3 Å². The summed E-state index contributed by atoms with van der Waals surface area (Å²) >= 11 is 0. The van der Waals surface area contributed by atoms with Crippen molar-refractivity contribution >= 4 is 15.8 Å². The van der Waals surface area contributed by atoms with Crippen LogP contribution in [0.3, 0.4) is 0 Å². The van der Waals surface area contributed by atoms with Crippen LogP contribution in [0, 0.1) is 23.3 Å². The van der Waals surface area contributed by atoms with Crippen molar-refractivity contribution in [3.8, 4) is 0 Å². The Balaban J connectivity index is 1.38. The first-order chi connectivity index (χ1) is 20.5. The van der Waals surface area contributed by atoms with Gasteiger partial charge < -0.3 is 11.1 Å². The minimum Gasteiger partial charge on any atom is -0.321 e. The van der Waals surface area contributed by atoms with Gasteiger partial charge in [-0.15, -0.1) is 0 Å². The molecule has 0 aromatic heterocycles. The molecule has 11 heteroatoms. The highest BCUT2D eigenvalue weighted by Crippen LogP contribution is 2.35. The molecule has 5 rings (SSSR count). The number of carbonyl (C=O) groups excluding carboxylic acids is 1. The van der Waals surface area contributed by atoms with Crippen LogP contribution in [0.15, 0.2) is 60.7 Å². The van der Waals surface area contributed by atoms with E-state index in [2.05, 4.69) is 5.32 Å². The molecule has 0 bridgehead atoms. The van der Waals surface area contributed by atoms with Crippen molar-refractivity contribution in [3.05, 3.63) is 106 Å². The Hall–Kier alpha value is -3.12. The third-order valence-electron chi connectivity index (χ3n) is 8.37. The van der Waals surface area contributed by atoms with Gasteiger partial charge in [-0.3, -0.25) is 4.79 Å². The number of nitrogens with one attached hydrogen (secondary N) is 1. The molecule has 3 aromatic rings. The highest BCUT2D eigenvalue weighted by Gasteiger charge is 2.45. The summed E-state index contributed by atoms with van der Waals surface area (Å²) < 4.78 is 85.2. The van der Waals surface area contributed by atoms with E-state index in [-0.39, 0.29) is 35.7 Å². The topological polar surface area (TPSA) is 92.5 Å². The molecule has 3 N–H and O–H groups in total. The van der Waals surface area contributed by atoms with Crippen LogP contribution in [0.4, 0.5) is 17.6 Å². The van der Waals surface area contributed by atoms with Gasteiger partial charge in [0.15, 0.2) is 5.78 Å². The highest BCUT2D eigenvalue weighted by atomic mass is 32.2. The fourth-order valence-electron chi connectivity index (χ4n) is 6.11. The monoisotopic (exact) mass is 617 g/mol. The van der Waals surface area contributed by atoms with E-state index in [1.54, 1.807) is 10.4 Å². The molecule has 3 aromatic carbocycles. The number of nitrogens with zero attached hydrogens (tertiary/aromatic N) is 1. The molecule has 2 fully saturated rings. The first-order valence-corrected chi connectivity index (χ1v) is 15.9. The normalized spacial score (nSPS) is 21.0. The molecule has 0 amide bonds. The second-order valence-corrected chi connectivity index (χ2v) is 13.7. The van der Waals surface area contributed by atoms with Crippen LogP contribution in [0.1, 0.15) is 54.4 Å². The van der Waals surface area contributed by atoms with E-state index in [0.29, 0.717) is 55.1 Å². The third kappa shape index (κ3) is 7.01. The molecule has 4 atom stereocenters. The van der Waals surface area contributed by atoms with Crippen LogP contribution < -0.4 is 11.1 Å². The second-order valence-electron chi connectivity index (χ2n) is 11.6. The summed E-state index contributed by atoms with van der Waals surface area (Å²) in [6.07, 6.45) is 1.57. The van der Waals surface area contributed by atoms with Gasteiger partial charge >= 0.3 is 0 Å². The van der Waals surface area contributed by atoms with Crippen molar-refractivity contribution in [2.75, 3.05) is 13.1 Å². The molecule has 1 saturated heterocycles. The van der Waals surface area contributed by atoms with Crippen LogP contribution in [0.5, 0.6) is 0 Å². The lowest BCUT2D eigenvalue weighted by atomic mass is 9.82. The SMILES string of the molecule is C[C@@H]1CNC[C@H](CCc2c(F)cccc2CC(=O)[C@@H](N)[C@@H](c2ccc(F)cc2)c2cc(F)cc(F)c2)N1S(=O)(=O)C1CC1. The predicted molar refractivity (Wildman–Crippen MR) is 156 cm³/mol. The molecule has 1 aliphatic carbocycles. The zero-order valence-electron chi connectivity index (χ0n) is 23.8. The summed E-state index contributed by atoms with van der Waals surface area (Å²) in [5.74, 6) is -4.24. The lowest BCUT2D eigenvalue weighted by molar-refractivity contribution is -0.119. The molecule has 1 saturated carbocycles. The predicted octanol–water partition coefficient (Wildman–Crippen LogP) is 4.60. The number of Topliss-reactive ketones (excluding diaryl/α,β-unsaturated/α-hetero) is 1. The number of hydrogen-bond acceptors (Lipinski definition) is 5. The van der Waals surface area contributed by atoms with Crippen molar-refractivity contribution < 1.29 is 30.8 Å². The van der Waals surface area contributed by atoms with Crippen molar-refractivity contribution in [1.29, 1.82) is 0 Å². The number of ketones is 1. The van der Waals surface area contributed by atoms with E-state index in [1.165, 1.54) is 36.4 Å². The minimum absolute atomic E-state index is 0.111. The molecule has 6 nitrogen and oxygen atoms in total. The Bertz CT molecular complexity index is 1560. The molecule has 1 heterocycles. The molecule has 43 heavy (non-hydrogen) atoms. The molecule has 0 spiro atoms. The van der Waals surface area contributed by atoms with Crippen LogP contribution >= 0.6 is 0 Å². The van der Waals surface area contributed by atoms with Gasteiger partial charge in [0.1, 0.15) is 23.3 Å². The lowest BCUT2D eigenvalue weighted by Gasteiger charge is -2.40. The smallest absolute Gasteiger partial charge is 0.217 e. The maximum absolute atomic E-state index is 15.2. The van der Waals surface area contributed by atoms with E-state index in [4.69, 9.17) is 5.73 Å². The van der Waals surface area contributed by atoms with E-state index in [9.17, 15) is 26.4 Å². The molecule has 1 aliphatic heterocycles. The number of sulfonamides is 1. The van der Waals surface area contributed by atoms with Gasteiger partial charge in [0, 0.05) is 43.6 Å². The Morgan fingerprint density at radius 2 is 1.63 bits per heavy atom. The Morgan fingerprint density at radius 3 is 2.28 bits per heavy atom. The zero-order valence-corrected chi connectivity index (χ0v) is 24.6. The van der Waals surface area contributed by atoms with E-state index < -0.39 is 51.0 Å². The van der Waals surface area contributed by atoms with Crippen LogP contribution in [0.2, 0.25) is 0 Å². The van der Waals surface area contributed by atoms with Gasteiger partial charge in [0.05, 0.1) is 11.3 Å². The average Bonchev–Trinajstić information content (AvgIpc) is 3.80. The van der Waals surface area contributed by atoms with Gasteiger partial charge in [0.2, 0.25) is 10.0 Å². The standard InChI is InChI=1S/C32H35F4N3O3S/c1-19-17-38-18-26(39(19)43(41,42)27-10-11-27)9-12-28-21(3-2-4-29(28)36)15-30(40)32(37)31(20-5-7-23(33)8-6-20)22-13-24(34)16-25(35)14-22/h2-8,13-14,16,19,26-27,31-32,38H,9-12,15,17-18,37H2,1H3/t19-,26+,31+,32-/m1/s1. The number of rotatable bonds is 11. The quantitative estimate of drug-likeness (QED) is 0.307. The Kier molecular flexibility index (Phi) is 9.36. The van der Waals surface area contributed by atoms with E-state index >= 15 is 4.39 Å². The third-order valence-corrected chi connectivity index (χ3v) is 10.9. The second kappa shape index (κ2) is 12.9. The van der Waals surface area contributed by atoms with Crippen molar-refractivity contribution in [2.45, 2.75) is 68.3 Å². The summed E-state index contributed by atoms with van der Waals surface area (Å²) in [4.78, 5) is 13.6. The van der Waals surface area contributed by atoms with Crippen molar-refractivity contribution in [1.82, 2.24) is 9.62 Å². The van der Waals surface area contributed by atoms with Gasteiger partial charge in [-0.25, -0.2) is 26.0 Å². The summed E-state index contributed by atoms with van der Waals surface area (Å²) in [5, 5.41) is 2.90. The average molecular weight is 618 g/mol. The van der Waals surface area contributed by atoms with E-state index in [1.807, 2.05) is 6.92 Å². The van der Waals surface area contributed by atoms with Gasteiger partial charge in [-0.2, -0.15) is 4.31 Å². The number of carbonyl (C=O) groups is 1. The summed E-state index contributed by atoms with van der Waals surface area (Å²) in [5.41, 5.74) is 7.64. The fourth-order valence-corrected chi connectivity index (χ4v) is 8.36. The summed E-state index contributed by atoms with van der Waals surface area (Å²) in [6, 6.07) is 10.5. The molecule has 230 valence electrons. The van der Waals surface area contributed by atoms with Crippen molar-refractivity contribution in [2.24, 2.45) is 5.73 Å². The maximum Gasteiger partial charge on any atom is 0.217 e. The molecule has 2 aliphatic rings. The number of halogens is 4. The van der Waals surface area contributed by atoms with E-state index in [0.717, 1.165) is 12.1 Å². The molecular formula is C32H35F4N3O3S. The highest BCUT2D eigenvalue weighted by molar-refractivity contribution is 7.90. The Morgan fingerprint density at radius 1 is 0.953 bits per heavy atom. The molecule has 0 radical (unpaired) electrons. The number of nitrogens with two attached hydrogens (primary N) is 1. The summed E-state index contributed by atoms with van der Waals surface area (Å²) in [7, 11) is -3.46. The van der Waals surface area contributed by atoms with Gasteiger partial charge in [-0.05, 0) is 85.2 Å². The first-order valence-electron chi connectivity index (χ1n) is 14.4. The number of hydrogen-bond donors (Lipinski definition) is 2. The largest absolute Gasteiger partial charge is 0.321 e. The molecular weight excluding hydrogens is 582 g/mol. The van der Waals surface area contributed by atoms with Crippen molar-refractivity contribution in [3.63, 3.8) is 0 Å². The number of piperazine rings is 1. The maximum atomic E-state index is 15.2. The van der Waals surface area contributed by atoms with Gasteiger partial charge in [0.25, 0.3) is 0 Å². The lowest BCUT2D eigenvalue weighted by Crippen LogP contribution is -2.59. The minimum atomic E-state index is -3.46. The molecule has 0 unspecified atom stereocenters. The zero-order chi connectivity index (χ0) is 30.9. The van der Waals surface area contributed by atoms with Crippen LogP contribution in [-0.2, 0) is 27.7 Å². The first kappa shape index (κ1) is 31.3. The fraction of sp³-hybridized carbons (Fsp3) is 0.406. The van der Waals surface area contributed by atoms with Crippen LogP contribution in [-0.4, -0.2) is 55.0 Å². The summed E-state index contributed by atoms with van der Waals surface area (Å²) in [6.45, 7) is 2.83.